The highest BCUT2D eigenvalue weighted by atomic mass is 19.1. The molecule has 0 amide bonds. The van der Waals surface area contributed by atoms with Gasteiger partial charge in [0.2, 0.25) is 0 Å². The van der Waals surface area contributed by atoms with Gasteiger partial charge in [-0.05, 0) is 26.3 Å². The minimum atomic E-state index is -1.14. The van der Waals surface area contributed by atoms with Gasteiger partial charge in [-0.3, -0.25) is 0 Å². The van der Waals surface area contributed by atoms with E-state index >= 15 is 0 Å². The average molecular weight is 180 g/mol. The Labute approximate surface area is 77.6 Å². The van der Waals surface area contributed by atoms with Crippen LogP contribution in [0.5, 0.6) is 0 Å². The molecule has 0 N–H and O–H groups in total. The Morgan fingerprint density at radius 3 is 2.77 bits per heavy atom. The number of aryl methyl sites for hydroxylation is 1. The van der Waals surface area contributed by atoms with E-state index in [9.17, 15) is 4.39 Å². The van der Waals surface area contributed by atoms with Gasteiger partial charge >= 0.3 is 0 Å². The molecule has 1 rings (SSSR count). The largest absolute Gasteiger partial charge is 0.353 e. The van der Waals surface area contributed by atoms with E-state index < -0.39 is 5.67 Å². The van der Waals surface area contributed by atoms with Crippen LogP contribution in [0.15, 0.2) is 18.5 Å². The number of nitriles is 1. The van der Waals surface area contributed by atoms with Crippen LogP contribution in [-0.2, 0) is 6.54 Å². The molecule has 0 saturated carbocycles. The summed E-state index contributed by atoms with van der Waals surface area (Å²) in [5.74, 6) is 0. The topological polar surface area (TPSA) is 28.7 Å². The van der Waals surface area contributed by atoms with Crippen molar-refractivity contribution >= 4 is 0 Å². The molecule has 2 nitrogen and oxygen atoms in total. The van der Waals surface area contributed by atoms with Gasteiger partial charge < -0.3 is 4.57 Å². The molecule has 1 aromatic rings. The first-order valence-corrected chi connectivity index (χ1v) is 4.26. The standard InChI is InChI=1S/C10H13FN2/c1-10(2,11)4-6-13-5-3-9(7-12)8-13/h3,5,8H,4,6H2,1-2H3. The zero-order valence-corrected chi connectivity index (χ0v) is 7.92. The summed E-state index contributed by atoms with van der Waals surface area (Å²) in [6, 6.07) is 3.76. The smallest absolute Gasteiger partial charge is 0.107 e. The van der Waals surface area contributed by atoms with E-state index in [1.807, 2.05) is 10.6 Å². The highest BCUT2D eigenvalue weighted by Gasteiger charge is 2.14. The first-order valence-electron chi connectivity index (χ1n) is 4.26. The minimum absolute atomic E-state index is 0.465. The number of nitrogens with zero attached hydrogens (tertiary/aromatic N) is 2. The van der Waals surface area contributed by atoms with Crippen molar-refractivity contribution in [2.75, 3.05) is 0 Å². The Morgan fingerprint density at radius 1 is 1.62 bits per heavy atom. The minimum Gasteiger partial charge on any atom is -0.353 e. The van der Waals surface area contributed by atoms with E-state index in [4.69, 9.17) is 5.26 Å². The van der Waals surface area contributed by atoms with Crippen LogP contribution < -0.4 is 0 Å². The van der Waals surface area contributed by atoms with Crippen LogP contribution in [0.25, 0.3) is 0 Å². The van der Waals surface area contributed by atoms with Crippen molar-refractivity contribution in [1.82, 2.24) is 4.57 Å². The number of hydrogen-bond acceptors (Lipinski definition) is 1. The summed E-state index contributed by atoms with van der Waals surface area (Å²) in [5.41, 5.74) is -0.520. The second-order valence-corrected chi connectivity index (χ2v) is 3.72. The normalized spacial score (nSPS) is 11.2. The number of hydrogen-bond donors (Lipinski definition) is 0. The molecule has 1 aromatic heterocycles. The summed E-state index contributed by atoms with van der Waals surface area (Å²) in [6.07, 6.45) is 3.99. The molecule has 0 bridgehead atoms. The highest BCUT2D eigenvalue weighted by molar-refractivity contribution is 5.25. The number of aromatic nitrogens is 1. The molecule has 0 atom stereocenters. The van der Waals surface area contributed by atoms with Crippen molar-refractivity contribution in [3.05, 3.63) is 24.0 Å². The van der Waals surface area contributed by atoms with E-state index in [1.165, 1.54) is 0 Å². The van der Waals surface area contributed by atoms with Crippen LogP contribution in [0.1, 0.15) is 25.8 Å². The van der Waals surface area contributed by atoms with E-state index in [2.05, 4.69) is 0 Å². The lowest BCUT2D eigenvalue weighted by Gasteiger charge is -2.13. The van der Waals surface area contributed by atoms with Gasteiger partial charge in [-0.1, -0.05) is 0 Å². The van der Waals surface area contributed by atoms with E-state index in [1.54, 1.807) is 32.3 Å². The molecule has 0 aromatic carbocycles. The maximum atomic E-state index is 13.1. The van der Waals surface area contributed by atoms with Gasteiger partial charge in [-0.25, -0.2) is 4.39 Å². The Kier molecular flexibility index (Phi) is 2.72. The third kappa shape index (κ3) is 3.29. The van der Waals surface area contributed by atoms with Crippen molar-refractivity contribution < 1.29 is 4.39 Å². The first kappa shape index (κ1) is 9.79. The molecule has 0 spiro atoms. The lowest BCUT2D eigenvalue weighted by molar-refractivity contribution is 0.192. The molecule has 70 valence electrons. The monoisotopic (exact) mass is 180 g/mol. The lowest BCUT2D eigenvalue weighted by Crippen LogP contribution is -2.14. The van der Waals surface area contributed by atoms with Crippen molar-refractivity contribution in [3.8, 4) is 6.07 Å². The molecule has 1 heterocycles. The molecular formula is C10H13FN2. The van der Waals surface area contributed by atoms with Gasteiger partial charge in [0.25, 0.3) is 0 Å². The SMILES string of the molecule is CC(C)(F)CCn1ccc(C#N)c1. The molecule has 3 heteroatoms. The zero-order chi connectivity index (χ0) is 9.90. The van der Waals surface area contributed by atoms with Crippen molar-refractivity contribution in [2.24, 2.45) is 0 Å². The Bertz CT molecular complexity index is 314. The highest BCUT2D eigenvalue weighted by Crippen LogP contribution is 2.15. The molecule has 0 aliphatic carbocycles. The summed E-state index contributed by atoms with van der Waals surface area (Å²) >= 11 is 0. The van der Waals surface area contributed by atoms with Gasteiger partial charge in [-0.15, -0.1) is 0 Å². The summed E-state index contributed by atoms with van der Waals surface area (Å²) in [7, 11) is 0. The van der Waals surface area contributed by atoms with E-state index in [0.717, 1.165) is 0 Å². The second kappa shape index (κ2) is 3.61. The molecule has 0 unspecified atom stereocenters. The van der Waals surface area contributed by atoms with Crippen LogP contribution >= 0.6 is 0 Å². The van der Waals surface area contributed by atoms with Crippen LogP contribution in [0.2, 0.25) is 0 Å². The van der Waals surface area contributed by atoms with Gasteiger partial charge in [0.15, 0.2) is 0 Å². The maximum Gasteiger partial charge on any atom is 0.107 e. The molecular weight excluding hydrogens is 167 g/mol. The third-order valence-electron chi connectivity index (χ3n) is 1.84. The summed E-state index contributed by atoms with van der Waals surface area (Å²) in [6.45, 7) is 3.73. The van der Waals surface area contributed by atoms with Crippen LogP contribution in [0, 0.1) is 11.3 Å². The van der Waals surface area contributed by atoms with Crippen LogP contribution in [0.4, 0.5) is 4.39 Å². The molecule has 0 radical (unpaired) electrons. The van der Waals surface area contributed by atoms with Crippen molar-refractivity contribution in [2.45, 2.75) is 32.5 Å². The van der Waals surface area contributed by atoms with Crippen LogP contribution in [-0.4, -0.2) is 10.2 Å². The van der Waals surface area contributed by atoms with Gasteiger partial charge in [-0.2, -0.15) is 5.26 Å². The Morgan fingerprint density at radius 2 is 2.31 bits per heavy atom. The third-order valence-corrected chi connectivity index (χ3v) is 1.84. The van der Waals surface area contributed by atoms with Crippen molar-refractivity contribution in [3.63, 3.8) is 0 Å². The second-order valence-electron chi connectivity index (χ2n) is 3.72. The number of alkyl halides is 1. The molecule has 0 saturated heterocycles. The molecule has 0 aliphatic rings. The summed E-state index contributed by atoms with van der Waals surface area (Å²) < 4.78 is 14.9. The Balaban J connectivity index is 2.52. The van der Waals surface area contributed by atoms with E-state index in [-0.39, 0.29) is 0 Å². The van der Waals surface area contributed by atoms with Crippen LogP contribution in [0.3, 0.4) is 0 Å². The predicted molar refractivity (Wildman–Crippen MR) is 49.0 cm³/mol. The molecule has 13 heavy (non-hydrogen) atoms. The fourth-order valence-corrected chi connectivity index (χ4v) is 1.04. The summed E-state index contributed by atoms with van der Waals surface area (Å²) in [5, 5.41) is 8.54. The fourth-order valence-electron chi connectivity index (χ4n) is 1.04. The lowest BCUT2D eigenvalue weighted by atomic mass is 10.1. The number of halogens is 1. The molecule has 0 aliphatic heterocycles. The maximum absolute atomic E-state index is 13.1. The fraction of sp³-hybridized carbons (Fsp3) is 0.500. The quantitative estimate of drug-likeness (QED) is 0.702. The van der Waals surface area contributed by atoms with Gasteiger partial charge in [0, 0.05) is 18.9 Å². The predicted octanol–water partition coefficient (Wildman–Crippen LogP) is 2.50. The van der Waals surface area contributed by atoms with Crippen molar-refractivity contribution in [1.29, 1.82) is 5.26 Å². The average Bonchev–Trinajstić information content (AvgIpc) is 2.47. The Hall–Kier alpha value is -1.30. The number of rotatable bonds is 3. The van der Waals surface area contributed by atoms with E-state index in [0.29, 0.717) is 18.5 Å². The van der Waals surface area contributed by atoms with Gasteiger partial charge in [0.05, 0.1) is 5.56 Å². The zero-order valence-electron chi connectivity index (χ0n) is 7.92. The van der Waals surface area contributed by atoms with Gasteiger partial charge in [0.1, 0.15) is 11.7 Å². The first-order chi connectivity index (χ1) is 6.01. The summed E-state index contributed by atoms with van der Waals surface area (Å²) in [4.78, 5) is 0. The molecule has 0 fully saturated rings.